The number of oxazole rings is 1. The van der Waals surface area contributed by atoms with E-state index in [1.807, 2.05) is 69.6 Å². The normalized spacial score (nSPS) is 14.7. The highest BCUT2D eigenvalue weighted by Gasteiger charge is 2.30. The average molecular weight is 473 g/mol. The molecule has 1 saturated heterocycles. The number of amides is 1. The van der Waals surface area contributed by atoms with Crippen LogP contribution in [0.5, 0.6) is 0 Å². The molecule has 0 bridgehead atoms. The number of allylic oxidation sites excluding steroid dienone is 4. The lowest BCUT2D eigenvalue weighted by atomic mass is 10.2. The molecule has 1 fully saturated rings. The number of hydrogen-bond donors (Lipinski definition) is 1. The van der Waals surface area contributed by atoms with E-state index < -0.39 is 11.9 Å². The van der Waals surface area contributed by atoms with Gasteiger partial charge in [0.05, 0.1) is 12.3 Å². The second kappa shape index (κ2) is 18.3. The fraction of sp³-hybridized carbons (Fsp3) is 0.444. The number of methoxy groups -OCH3 is 1. The van der Waals surface area contributed by atoms with Crippen LogP contribution in [0, 0.1) is 12.8 Å². The number of aromatic nitrogens is 1. The molecule has 0 radical (unpaired) electrons. The minimum Gasteiger partial charge on any atom is -0.441 e. The standard InChI is InChI=1S/C13H15NO2.C8H14.C4H5NO3.C2H6/c1-10-12(8-9-15-2)14-13(16-10)11-6-4-3-5-7-11;1-4-6-7-8(3)5-2;1-2-3(6)5-8-4(2)7;1-2/h3-7H,8-9H2,1-2H3;4,6-7H,5H2,1-3H3;2H,1H3,(H,5,6);1-2H3/b;6-4-,8-7-;;. The first-order chi connectivity index (χ1) is 16.3. The molecule has 2 aromatic rings. The van der Waals surface area contributed by atoms with Crippen LogP contribution < -0.4 is 5.48 Å². The Bertz CT molecular complexity index is 885. The van der Waals surface area contributed by atoms with Gasteiger partial charge in [0.25, 0.3) is 5.91 Å². The summed E-state index contributed by atoms with van der Waals surface area (Å²) in [6, 6.07) is 9.91. The Kier molecular flexibility index (Phi) is 16.5. The molecular formula is C27H40N2O5. The van der Waals surface area contributed by atoms with Gasteiger partial charge in [-0.3, -0.25) is 4.79 Å². The molecule has 34 heavy (non-hydrogen) atoms. The number of hydrogen-bond acceptors (Lipinski definition) is 6. The van der Waals surface area contributed by atoms with Gasteiger partial charge in [-0.2, -0.15) is 5.48 Å². The maximum Gasteiger partial charge on any atom is 0.344 e. The average Bonchev–Trinajstić information content (AvgIpc) is 3.39. The maximum absolute atomic E-state index is 10.3. The van der Waals surface area contributed by atoms with Crippen molar-refractivity contribution in [2.45, 2.75) is 61.3 Å². The second-order valence-corrected chi connectivity index (χ2v) is 7.13. The van der Waals surface area contributed by atoms with Gasteiger partial charge in [-0.25, -0.2) is 9.78 Å². The number of nitrogens with zero attached hydrogens (tertiary/aromatic N) is 1. The third-order valence-electron chi connectivity index (χ3n) is 4.59. The van der Waals surface area contributed by atoms with E-state index in [0.717, 1.165) is 29.9 Å². The minimum absolute atomic E-state index is 0.366. The first-order valence-corrected chi connectivity index (χ1v) is 11.6. The van der Waals surface area contributed by atoms with Gasteiger partial charge in [0.2, 0.25) is 5.89 Å². The Morgan fingerprint density at radius 3 is 2.29 bits per heavy atom. The Morgan fingerprint density at radius 2 is 1.85 bits per heavy atom. The van der Waals surface area contributed by atoms with Crippen LogP contribution in [0.1, 0.15) is 59.4 Å². The van der Waals surface area contributed by atoms with Crippen molar-refractivity contribution >= 4 is 11.9 Å². The minimum atomic E-state index is -0.630. The third-order valence-corrected chi connectivity index (χ3v) is 4.59. The molecule has 1 unspecified atom stereocenters. The monoisotopic (exact) mass is 472 g/mol. The molecule has 2 heterocycles. The fourth-order valence-corrected chi connectivity index (χ4v) is 2.33. The van der Waals surface area contributed by atoms with Crippen LogP contribution in [0.2, 0.25) is 0 Å². The molecule has 1 aromatic carbocycles. The molecule has 188 valence electrons. The summed E-state index contributed by atoms with van der Waals surface area (Å²) in [6.07, 6.45) is 8.20. The summed E-state index contributed by atoms with van der Waals surface area (Å²) in [6.45, 7) is 14.4. The second-order valence-electron chi connectivity index (χ2n) is 7.13. The predicted octanol–water partition coefficient (Wildman–Crippen LogP) is 5.99. The van der Waals surface area contributed by atoms with Crippen molar-refractivity contribution in [2.24, 2.45) is 5.92 Å². The first-order valence-electron chi connectivity index (χ1n) is 11.6. The van der Waals surface area contributed by atoms with Gasteiger partial charge >= 0.3 is 5.97 Å². The van der Waals surface area contributed by atoms with E-state index in [2.05, 4.69) is 35.8 Å². The molecule has 1 atom stereocenters. The van der Waals surface area contributed by atoms with E-state index in [-0.39, 0.29) is 5.91 Å². The van der Waals surface area contributed by atoms with E-state index in [4.69, 9.17) is 9.15 Å². The first kappa shape index (κ1) is 30.8. The summed E-state index contributed by atoms with van der Waals surface area (Å²) >= 11 is 0. The summed E-state index contributed by atoms with van der Waals surface area (Å²) in [7, 11) is 1.69. The Hall–Kier alpha value is -3.19. The lowest BCUT2D eigenvalue weighted by Crippen LogP contribution is -2.16. The Morgan fingerprint density at radius 1 is 1.21 bits per heavy atom. The van der Waals surface area contributed by atoms with E-state index in [9.17, 15) is 9.59 Å². The van der Waals surface area contributed by atoms with Crippen LogP contribution in [0.25, 0.3) is 11.5 Å². The number of hydroxylamine groups is 1. The zero-order chi connectivity index (χ0) is 25.9. The van der Waals surface area contributed by atoms with Gasteiger partial charge in [-0.15, -0.1) is 0 Å². The van der Waals surface area contributed by atoms with Gasteiger partial charge in [0.1, 0.15) is 11.7 Å². The van der Waals surface area contributed by atoms with Crippen molar-refractivity contribution in [3.05, 3.63) is 65.6 Å². The molecular weight excluding hydrogens is 432 g/mol. The molecule has 7 heteroatoms. The summed E-state index contributed by atoms with van der Waals surface area (Å²) in [5.41, 5.74) is 5.35. The van der Waals surface area contributed by atoms with Crippen LogP contribution in [-0.2, 0) is 25.6 Å². The number of rotatable bonds is 6. The van der Waals surface area contributed by atoms with Crippen LogP contribution in [0.3, 0.4) is 0 Å². The maximum atomic E-state index is 10.3. The highest BCUT2D eigenvalue weighted by Crippen LogP contribution is 2.21. The van der Waals surface area contributed by atoms with Gasteiger partial charge in [0, 0.05) is 19.1 Å². The highest BCUT2D eigenvalue weighted by molar-refractivity contribution is 6.00. The van der Waals surface area contributed by atoms with Gasteiger partial charge in [-0.05, 0) is 46.2 Å². The lowest BCUT2D eigenvalue weighted by Gasteiger charge is -1.94. The molecule has 0 saturated carbocycles. The third kappa shape index (κ3) is 11.6. The van der Waals surface area contributed by atoms with Crippen molar-refractivity contribution in [3.8, 4) is 11.5 Å². The molecule has 1 aliphatic rings. The smallest absolute Gasteiger partial charge is 0.344 e. The number of nitrogens with one attached hydrogen (secondary N) is 1. The summed E-state index contributed by atoms with van der Waals surface area (Å²) in [5.74, 6) is 0.0557. The molecule has 7 nitrogen and oxygen atoms in total. The Labute approximate surface area is 204 Å². The summed E-state index contributed by atoms with van der Waals surface area (Å²) in [4.78, 5) is 29.2. The van der Waals surface area contributed by atoms with Crippen LogP contribution in [0.15, 0.2) is 58.6 Å². The zero-order valence-electron chi connectivity index (χ0n) is 21.8. The van der Waals surface area contributed by atoms with Crippen LogP contribution in [-0.4, -0.2) is 30.6 Å². The number of aryl methyl sites for hydroxylation is 1. The summed E-state index contributed by atoms with van der Waals surface area (Å²) in [5, 5.41) is 0. The highest BCUT2D eigenvalue weighted by atomic mass is 16.7. The molecule has 0 aliphatic carbocycles. The molecule has 3 rings (SSSR count). The largest absolute Gasteiger partial charge is 0.441 e. The summed E-state index contributed by atoms with van der Waals surface area (Å²) < 4.78 is 10.7. The molecule has 1 aliphatic heterocycles. The van der Waals surface area contributed by atoms with Crippen LogP contribution in [0.4, 0.5) is 0 Å². The number of carbonyl (C=O) groups is 2. The predicted molar refractivity (Wildman–Crippen MR) is 136 cm³/mol. The van der Waals surface area contributed by atoms with Crippen LogP contribution >= 0.6 is 0 Å². The van der Waals surface area contributed by atoms with Crippen molar-refractivity contribution < 1.29 is 23.6 Å². The zero-order valence-corrected chi connectivity index (χ0v) is 21.8. The molecule has 1 N–H and O–H groups in total. The van der Waals surface area contributed by atoms with E-state index in [1.54, 1.807) is 7.11 Å². The molecule has 0 spiro atoms. The van der Waals surface area contributed by atoms with Crippen molar-refractivity contribution in [1.29, 1.82) is 0 Å². The number of ether oxygens (including phenoxy) is 1. The molecule has 1 amide bonds. The Balaban J connectivity index is 0.000000512. The van der Waals surface area contributed by atoms with Crippen molar-refractivity contribution in [2.75, 3.05) is 13.7 Å². The van der Waals surface area contributed by atoms with Crippen molar-refractivity contribution in [1.82, 2.24) is 10.5 Å². The van der Waals surface area contributed by atoms with Gasteiger partial charge in [0.15, 0.2) is 0 Å². The number of benzene rings is 1. The topological polar surface area (TPSA) is 90.7 Å². The van der Waals surface area contributed by atoms with Gasteiger partial charge < -0.3 is 14.0 Å². The van der Waals surface area contributed by atoms with E-state index in [0.29, 0.717) is 12.5 Å². The molecule has 1 aromatic heterocycles. The quantitative estimate of drug-likeness (QED) is 0.410. The SMILES string of the molecule is C/C=C\C=C(\C)CC.CC.CC1C(=O)NOC1=O.COCCc1nc(-c2ccccc2)oc1C. The lowest BCUT2D eigenvalue weighted by molar-refractivity contribution is -0.145. The fourth-order valence-electron chi connectivity index (χ4n) is 2.33. The van der Waals surface area contributed by atoms with Crippen molar-refractivity contribution in [3.63, 3.8) is 0 Å². The van der Waals surface area contributed by atoms with E-state index >= 15 is 0 Å². The number of carbonyl (C=O) groups excluding carboxylic acids is 2. The van der Waals surface area contributed by atoms with Gasteiger partial charge in [-0.1, -0.05) is 62.8 Å². The van der Waals surface area contributed by atoms with E-state index in [1.165, 1.54) is 12.5 Å².